The van der Waals surface area contributed by atoms with Crippen LogP contribution in [0.15, 0.2) is 29.6 Å². The van der Waals surface area contributed by atoms with E-state index < -0.39 is 0 Å². The van der Waals surface area contributed by atoms with Gasteiger partial charge in [-0.3, -0.25) is 9.59 Å². The second-order valence-corrected chi connectivity index (χ2v) is 6.30. The third-order valence-corrected chi connectivity index (χ3v) is 4.03. The van der Waals surface area contributed by atoms with Crippen LogP contribution in [0, 0.1) is 5.92 Å². The van der Waals surface area contributed by atoms with Crippen molar-refractivity contribution >= 4 is 41.2 Å². The summed E-state index contributed by atoms with van der Waals surface area (Å²) in [5.41, 5.74) is 7.55. The number of aromatic nitrogens is 1. The van der Waals surface area contributed by atoms with Crippen LogP contribution in [0.5, 0.6) is 0 Å². The molecule has 0 saturated heterocycles. The summed E-state index contributed by atoms with van der Waals surface area (Å²) >= 11 is 1.37. The molecule has 0 unspecified atom stereocenters. The highest BCUT2D eigenvalue weighted by Gasteiger charge is 2.10. The van der Waals surface area contributed by atoms with Gasteiger partial charge < -0.3 is 16.4 Å². The molecule has 0 aliphatic rings. The van der Waals surface area contributed by atoms with Crippen LogP contribution in [0.25, 0.3) is 0 Å². The van der Waals surface area contributed by atoms with Gasteiger partial charge in [0.1, 0.15) is 10.7 Å². The zero-order chi connectivity index (χ0) is 16.8. The summed E-state index contributed by atoms with van der Waals surface area (Å²) in [4.78, 5) is 27.7. The van der Waals surface area contributed by atoms with Crippen molar-refractivity contribution in [1.29, 1.82) is 0 Å². The molecule has 0 bridgehead atoms. The smallest absolute Gasteiger partial charge is 0.271 e. The standard InChI is InChI=1S/C16H20N4O2S.ClH/c1-10(2)15(21)19-12-5-3-11(4-6-12)8-18-16(22)13-9-23-14(7-17)20-13;/h3-6,9-10H,7-8,17H2,1-2H3,(H,18,22)(H,19,21);1H. The van der Waals surface area contributed by atoms with Crippen molar-refractivity contribution in [2.45, 2.75) is 26.9 Å². The van der Waals surface area contributed by atoms with Crippen LogP contribution < -0.4 is 16.4 Å². The Morgan fingerprint density at radius 3 is 2.46 bits per heavy atom. The van der Waals surface area contributed by atoms with Gasteiger partial charge in [-0.15, -0.1) is 23.7 Å². The highest BCUT2D eigenvalue weighted by molar-refractivity contribution is 7.09. The predicted octanol–water partition coefficient (Wildman–Crippen LogP) is 2.55. The second kappa shape index (κ2) is 9.36. The maximum absolute atomic E-state index is 12.0. The molecular weight excluding hydrogens is 348 g/mol. The molecule has 8 heteroatoms. The average molecular weight is 369 g/mol. The van der Waals surface area contributed by atoms with Crippen LogP contribution >= 0.6 is 23.7 Å². The summed E-state index contributed by atoms with van der Waals surface area (Å²) in [6.07, 6.45) is 0. The molecule has 0 saturated carbocycles. The first-order chi connectivity index (χ1) is 11.0. The van der Waals surface area contributed by atoms with Crippen LogP contribution in [0.2, 0.25) is 0 Å². The van der Waals surface area contributed by atoms with Gasteiger partial charge in [0, 0.05) is 30.1 Å². The van der Waals surface area contributed by atoms with Gasteiger partial charge in [-0.1, -0.05) is 26.0 Å². The van der Waals surface area contributed by atoms with E-state index in [-0.39, 0.29) is 30.1 Å². The predicted molar refractivity (Wildman–Crippen MR) is 98.3 cm³/mol. The van der Waals surface area contributed by atoms with Gasteiger partial charge in [0.25, 0.3) is 5.91 Å². The summed E-state index contributed by atoms with van der Waals surface area (Å²) in [5, 5.41) is 8.06. The lowest BCUT2D eigenvalue weighted by atomic mass is 10.1. The zero-order valence-corrected chi connectivity index (χ0v) is 15.2. The molecule has 2 aromatic rings. The number of hydrogen-bond acceptors (Lipinski definition) is 5. The monoisotopic (exact) mass is 368 g/mol. The number of thiazole rings is 1. The number of halogens is 1. The van der Waals surface area contributed by atoms with Gasteiger partial charge in [-0.05, 0) is 17.7 Å². The van der Waals surface area contributed by atoms with E-state index in [1.54, 1.807) is 5.38 Å². The van der Waals surface area contributed by atoms with Gasteiger partial charge >= 0.3 is 0 Å². The molecule has 1 aromatic carbocycles. The van der Waals surface area contributed by atoms with E-state index in [2.05, 4.69) is 15.6 Å². The molecular formula is C16H21ClN4O2S. The Hall–Kier alpha value is -1.96. The number of amides is 2. The number of anilines is 1. The third-order valence-electron chi connectivity index (χ3n) is 3.16. The minimum absolute atomic E-state index is 0. The van der Waals surface area contributed by atoms with E-state index in [0.29, 0.717) is 18.8 Å². The molecule has 0 atom stereocenters. The SMILES string of the molecule is CC(C)C(=O)Nc1ccc(CNC(=O)c2csc(CN)n2)cc1.Cl. The highest BCUT2D eigenvalue weighted by Crippen LogP contribution is 2.12. The minimum atomic E-state index is -0.224. The Labute approximate surface area is 151 Å². The van der Waals surface area contributed by atoms with Gasteiger partial charge in [-0.25, -0.2) is 4.98 Å². The van der Waals surface area contributed by atoms with Gasteiger partial charge in [-0.2, -0.15) is 0 Å². The molecule has 0 aliphatic carbocycles. The van der Waals surface area contributed by atoms with Crippen molar-refractivity contribution < 1.29 is 9.59 Å². The molecule has 2 amide bonds. The number of rotatable bonds is 6. The van der Waals surface area contributed by atoms with Crippen LogP contribution in [0.4, 0.5) is 5.69 Å². The van der Waals surface area contributed by atoms with Crippen LogP contribution in [-0.4, -0.2) is 16.8 Å². The number of carbonyl (C=O) groups is 2. The zero-order valence-electron chi connectivity index (χ0n) is 13.5. The number of nitrogens with zero attached hydrogens (tertiary/aromatic N) is 1. The van der Waals surface area contributed by atoms with Gasteiger partial charge in [0.05, 0.1) is 0 Å². The molecule has 4 N–H and O–H groups in total. The van der Waals surface area contributed by atoms with Crippen molar-refractivity contribution in [2.24, 2.45) is 11.7 Å². The first-order valence-corrected chi connectivity index (χ1v) is 8.20. The molecule has 1 heterocycles. The van der Waals surface area contributed by atoms with E-state index in [1.165, 1.54) is 11.3 Å². The lowest BCUT2D eigenvalue weighted by Gasteiger charge is -2.09. The molecule has 6 nitrogen and oxygen atoms in total. The number of nitrogens with one attached hydrogen (secondary N) is 2. The number of nitrogens with two attached hydrogens (primary N) is 1. The van der Waals surface area contributed by atoms with Gasteiger partial charge in [0.2, 0.25) is 5.91 Å². The molecule has 130 valence electrons. The van der Waals surface area contributed by atoms with Crippen molar-refractivity contribution in [3.8, 4) is 0 Å². The molecule has 0 radical (unpaired) electrons. The largest absolute Gasteiger partial charge is 0.347 e. The summed E-state index contributed by atoms with van der Waals surface area (Å²) < 4.78 is 0. The molecule has 0 fully saturated rings. The summed E-state index contributed by atoms with van der Waals surface area (Å²) in [6.45, 7) is 4.41. The van der Waals surface area contributed by atoms with Crippen LogP contribution in [-0.2, 0) is 17.9 Å². The third kappa shape index (κ3) is 5.59. The Kier molecular flexibility index (Phi) is 7.84. The van der Waals surface area contributed by atoms with Crippen molar-refractivity contribution in [1.82, 2.24) is 10.3 Å². The molecule has 24 heavy (non-hydrogen) atoms. The quantitative estimate of drug-likeness (QED) is 0.729. The topological polar surface area (TPSA) is 97.1 Å². The fourth-order valence-electron chi connectivity index (χ4n) is 1.77. The molecule has 0 aliphatic heterocycles. The Morgan fingerprint density at radius 1 is 1.25 bits per heavy atom. The van der Waals surface area contributed by atoms with E-state index >= 15 is 0 Å². The maximum atomic E-state index is 12.0. The minimum Gasteiger partial charge on any atom is -0.347 e. The van der Waals surface area contributed by atoms with Crippen molar-refractivity contribution in [2.75, 3.05) is 5.32 Å². The second-order valence-electron chi connectivity index (χ2n) is 5.35. The first-order valence-electron chi connectivity index (χ1n) is 7.32. The van der Waals surface area contributed by atoms with Crippen molar-refractivity contribution in [3.63, 3.8) is 0 Å². The average Bonchev–Trinajstić information content (AvgIpc) is 3.03. The Bertz CT molecular complexity index is 686. The first kappa shape index (κ1) is 20.1. The number of carbonyl (C=O) groups excluding carboxylic acids is 2. The van der Waals surface area contributed by atoms with E-state index in [4.69, 9.17) is 5.73 Å². The van der Waals surface area contributed by atoms with Crippen LogP contribution in [0.3, 0.4) is 0 Å². The lowest BCUT2D eigenvalue weighted by Crippen LogP contribution is -2.23. The molecule has 1 aromatic heterocycles. The van der Waals surface area contributed by atoms with Crippen LogP contribution in [0.1, 0.15) is 34.9 Å². The van der Waals surface area contributed by atoms with Crippen molar-refractivity contribution in [3.05, 3.63) is 45.9 Å². The Balaban J connectivity index is 0.00000288. The molecule has 2 rings (SSSR count). The normalized spacial score (nSPS) is 10.2. The number of hydrogen-bond donors (Lipinski definition) is 3. The van der Waals surface area contributed by atoms with E-state index in [9.17, 15) is 9.59 Å². The van der Waals surface area contributed by atoms with E-state index in [1.807, 2.05) is 38.1 Å². The fraction of sp³-hybridized carbons (Fsp3) is 0.312. The fourth-order valence-corrected chi connectivity index (χ4v) is 2.43. The highest BCUT2D eigenvalue weighted by atomic mass is 35.5. The van der Waals surface area contributed by atoms with E-state index in [0.717, 1.165) is 16.3 Å². The maximum Gasteiger partial charge on any atom is 0.271 e. The number of benzene rings is 1. The lowest BCUT2D eigenvalue weighted by molar-refractivity contribution is -0.118. The summed E-state index contributed by atoms with van der Waals surface area (Å²) in [6, 6.07) is 7.36. The Morgan fingerprint density at radius 2 is 1.92 bits per heavy atom. The van der Waals surface area contributed by atoms with Gasteiger partial charge in [0.15, 0.2) is 0 Å². The molecule has 0 spiro atoms. The summed E-state index contributed by atoms with van der Waals surface area (Å²) in [7, 11) is 0. The summed E-state index contributed by atoms with van der Waals surface area (Å²) in [5.74, 6) is -0.311.